The van der Waals surface area contributed by atoms with E-state index in [9.17, 15) is 26.4 Å². The quantitative estimate of drug-likeness (QED) is 0.527. The number of carbonyl (C=O) groups excluding carboxylic acids is 1. The zero-order valence-corrected chi connectivity index (χ0v) is 17.2. The van der Waals surface area contributed by atoms with Crippen molar-refractivity contribution in [3.8, 4) is 5.75 Å². The van der Waals surface area contributed by atoms with Crippen molar-refractivity contribution in [2.24, 2.45) is 5.10 Å². The molecule has 0 atom stereocenters. The van der Waals surface area contributed by atoms with Crippen LogP contribution in [0.3, 0.4) is 0 Å². The van der Waals surface area contributed by atoms with Gasteiger partial charge in [-0.1, -0.05) is 18.2 Å². The highest BCUT2D eigenvalue weighted by Gasteiger charge is 2.32. The molecule has 1 amide bonds. The molecule has 11 heteroatoms. The molecule has 2 rings (SSSR count). The lowest BCUT2D eigenvalue weighted by Crippen LogP contribution is -2.36. The third-order valence-electron chi connectivity index (χ3n) is 4.10. The highest BCUT2D eigenvalue weighted by atomic mass is 32.2. The molecule has 0 saturated carbocycles. The molecular formula is C19H20F3N3O4S. The number of hydrogen-bond acceptors (Lipinski definition) is 5. The van der Waals surface area contributed by atoms with Crippen LogP contribution in [0.15, 0.2) is 52.5 Å². The van der Waals surface area contributed by atoms with Gasteiger partial charge in [-0.15, -0.1) is 0 Å². The molecule has 0 bridgehead atoms. The number of likely N-dealkylation sites (N-methyl/N-ethyl adjacent to an activating group) is 1. The van der Waals surface area contributed by atoms with Crippen molar-refractivity contribution in [2.75, 3.05) is 20.7 Å². The van der Waals surface area contributed by atoms with E-state index >= 15 is 0 Å². The van der Waals surface area contributed by atoms with Gasteiger partial charge in [0.1, 0.15) is 5.75 Å². The van der Waals surface area contributed by atoms with Crippen LogP contribution in [0.5, 0.6) is 5.75 Å². The Kier molecular flexibility index (Phi) is 7.21. The topological polar surface area (TPSA) is 88.1 Å². The van der Waals surface area contributed by atoms with E-state index in [0.29, 0.717) is 11.3 Å². The maximum atomic E-state index is 12.9. The van der Waals surface area contributed by atoms with E-state index in [2.05, 4.69) is 5.10 Å². The summed E-state index contributed by atoms with van der Waals surface area (Å²) in [5.74, 6) is -0.296. The van der Waals surface area contributed by atoms with Gasteiger partial charge in [0.2, 0.25) is 10.0 Å². The molecule has 0 unspecified atom stereocenters. The maximum Gasteiger partial charge on any atom is 0.417 e. The summed E-state index contributed by atoms with van der Waals surface area (Å²) in [6, 6.07) is 8.98. The smallest absolute Gasteiger partial charge is 0.417 e. The summed E-state index contributed by atoms with van der Waals surface area (Å²) < 4.78 is 70.0. The molecule has 1 N–H and O–H groups in total. The maximum absolute atomic E-state index is 12.9. The average Bonchev–Trinajstić information content (AvgIpc) is 2.67. The number of aryl methyl sites for hydroxylation is 1. The van der Waals surface area contributed by atoms with Crippen LogP contribution in [0.1, 0.15) is 16.7 Å². The van der Waals surface area contributed by atoms with Crippen molar-refractivity contribution in [3.05, 3.63) is 59.2 Å². The normalized spacial score (nSPS) is 12.4. The van der Waals surface area contributed by atoms with Crippen molar-refractivity contribution in [3.63, 3.8) is 0 Å². The van der Waals surface area contributed by atoms with Gasteiger partial charge in [-0.3, -0.25) is 4.79 Å². The molecule has 7 nitrogen and oxygen atoms in total. The first-order chi connectivity index (χ1) is 14.0. The lowest BCUT2D eigenvalue weighted by molar-refractivity contribution is -0.137. The molecule has 0 aliphatic heterocycles. The van der Waals surface area contributed by atoms with Gasteiger partial charge < -0.3 is 4.74 Å². The first-order valence-electron chi connectivity index (χ1n) is 8.56. The Bertz CT molecular complexity index is 1050. The Hall–Kier alpha value is -2.92. The third kappa shape index (κ3) is 5.57. The van der Waals surface area contributed by atoms with E-state index in [4.69, 9.17) is 4.74 Å². The van der Waals surface area contributed by atoms with E-state index in [-0.39, 0.29) is 10.5 Å². The van der Waals surface area contributed by atoms with Gasteiger partial charge in [0, 0.05) is 12.6 Å². The van der Waals surface area contributed by atoms with Crippen LogP contribution in [0, 0.1) is 6.92 Å². The van der Waals surface area contributed by atoms with Gasteiger partial charge in [0.15, 0.2) is 0 Å². The van der Waals surface area contributed by atoms with Crippen LogP contribution < -0.4 is 10.2 Å². The van der Waals surface area contributed by atoms with Gasteiger partial charge >= 0.3 is 6.18 Å². The minimum atomic E-state index is -4.57. The molecule has 2 aromatic carbocycles. The molecule has 0 aliphatic rings. The van der Waals surface area contributed by atoms with Crippen LogP contribution in [-0.2, 0) is 21.0 Å². The summed E-state index contributed by atoms with van der Waals surface area (Å²) in [5.41, 5.74) is 1.49. The SMILES string of the molecule is COc1ccc(S(=O)(=O)N(C)CC(=O)N/N=C\c2ccccc2C(F)(F)F)cc1C. The van der Waals surface area contributed by atoms with Crippen LogP contribution in [0.25, 0.3) is 0 Å². The van der Waals surface area contributed by atoms with E-state index in [0.717, 1.165) is 16.6 Å². The van der Waals surface area contributed by atoms with Crippen LogP contribution in [-0.4, -0.2) is 45.5 Å². The number of benzene rings is 2. The highest BCUT2D eigenvalue weighted by Crippen LogP contribution is 2.31. The van der Waals surface area contributed by atoms with Crippen LogP contribution in [0.4, 0.5) is 13.2 Å². The van der Waals surface area contributed by atoms with E-state index < -0.39 is 34.2 Å². The molecular weight excluding hydrogens is 423 g/mol. The number of ether oxygens (including phenoxy) is 1. The molecule has 0 heterocycles. The zero-order valence-electron chi connectivity index (χ0n) is 16.4. The minimum Gasteiger partial charge on any atom is -0.496 e. The molecule has 0 saturated heterocycles. The zero-order chi connectivity index (χ0) is 22.5. The van der Waals surface area contributed by atoms with Crippen molar-refractivity contribution in [1.82, 2.24) is 9.73 Å². The number of carbonyl (C=O) groups is 1. The molecule has 30 heavy (non-hydrogen) atoms. The Morgan fingerprint density at radius 1 is 1.23 bits per heavy atom. The average molecular weight is 443 g/mol. The number of nitrogens with zero attached hydrogens (tertiary/aromatic N) is 2. The van der Waals surface area contributed by atoms with Gasteiger partial charge in [-0.25, -0.2) is 13.8 Å². The molecule has 2 aromatic rings. The number of sulfonamides is 1. The van der Waals surface area contributed by atoms with Gasteiger partial charge in [-0.05, 0) is 36.8 Å². The van der Waals surface area contributed by atoms with Gasteiger partial charge in [-0.2, -0.15) is 22.6 Å². The van der Waals surface area contributed by atoms with E-state index in [1.54, 1.807) is 6.92 Å². The Morgan fingerprint density at radius 3 is 2.50 bits per heavy atom. The molecule has 162 valence electrons. The number of rotatable bonds is 7. The third-order valence-corrected chi connectivity index (χ3v) is 5.90. The fourth-order valence-corrected chi connectivity index (χ4v) is 3.77. The lowest BCUT2D eigenvalue weighted by atomic mass is 10.1. The van der Waals surface area contributed by atoms with E-state index in [1.165, 1.54) is 50.6 Å². The molecule has 0 aromatic heterocycles. The first-order valence-corrected chi connectivity index (χ1v) is 10.00. The van der Waals surface area contributed by atoms with Crippen molar-refractivity contribution in [2.45, 2.75) is 18.0 Å². The minimum absolute atomic E-state index is 0.0290. The highest BCUT2D eigenvalue weighted by molar-refractivity contribution is 7.89. The summed E-state index contributed by atoms with van der Waals surface area (Å²) in [6.45, 7) is 1.10. The molecule has 0 fully saturated rings. The second-order valence-corrected chi connectivity index (χ2v) is 8.32. The second kappa shape index (κ2) is 9.26. The number of halogens is 3. The number of hydrogen-bond donors (Lipinski definition) is 1. The van der Waals surface area contributed by atoms with Crippen LogP contribution in [0.2, 0.25) is 0 Å². The number of nitrogens with one attached hydrogen (secondary N) is 1. The Labute approximate surface area is 172 Å². The first kappa shape index (κ1) is 23.4. The summed E-state index contributed by atoms with van der Waals surface area (Å²) in [6.07, 6.45) is -3.72. The fraction of sp³-hybridized carbons (Fsp3) is 0.263. The second-order valence-electron chi connectivity index (χ2n) is 6.27. The fourth-order valence-electron chi connectivity index (χ4n) is 2.56. The van der Waals surface area contributed by atoms with Crippen molar-refractivity contribution < 1.29 is 31.1 Å². The summed E-state index contributed by atoms with van der Waals surface area (Å²) >= 11 is 0. The Balaban J connectivity index is 2.06. The molecule has 0 radical (unpaired) electrons. The standard InChI is InChI=1S/C19H20F3N3O4S/c1-13-10-15(8-9-17(13)29-3)30(27,28)25(2)12-18(26)24-23-11-14-6-4-5-7-16(14)19(20,21)22/h4-11H,12H2,1-3H3,(H,24,26)/b23-11-. The van der Waals surface area contributed by atoms with Gasteiger partial charge in [0.25, 0.3) is 5.91 Å². The number of alkyl halides is 3. The largest absolute Gasteiger partial charge is 0.496 e. The summed E-state index contributed by atoms with van der Waals surface area (Å²) in [7, 11) is -1.30. The molecule has 0 aliphatic carbocycles. The van der Waals surface area contributed by atoms with Crippen LogP contribution >= 0.6 is 0 Å². The van der Waals surface area contributed by atoms with E-state index in [1.807, 2.05) is 5.43 Å². The summed E-state index contributed by atoms with van der Waals surface area (Å²) in [4.78, 5) is 12.0. The predicted octanol–water partition coefficient (Wildman–Crippen LogP) is 2.79. The number of methoxy groups -OCH3 is 1. The Morgan fingerprint density at radius 2 is 1.90 bits per heavy atom. The van der Waals surface area contributed by atoms with Crippen molar-refractivity contribution >= 4 is 22.1 Å². The summed E-state index contributed by atoms with van der Waals surface area (Å²) in [5, 5.41) is 3.50. The predicted molar refractivity (Wildman–Crippen MR) is 105 cm³/mol. The van der Waals surface area contributed by atoms with Crippen molar-refractivity contribution in [1.29, 1.82) is 0 Å². The monoisotopic (exact) mass is 443 g/mol. The van der Waals surface area contributed by atoms with Gasteiger partial charge in [0.05, 0.1) is 30.3 Å². The number of hydrazone groups is 1. The molecule has 0 spiro atoms. The number of amides is 1. The lowest BCUT2D eigenvalue weighted by Gasteiger charge is -2.17.